The van der Waals surface area contributed by atoms with Gasteiger partial charge < -0.3 is 9.72 Å². The number of nitrogens with one attached hydrogen (secondary N) is 1. The van der Waals surface area contributed by atoms with Crippen molar-refractivity contribution in [1.29, 1.82) is 0 Å². The Bertz CT molecular complexity index is 855. The average molecular weight is 329 g/mol. The SMILES string of the molecule is COC(=O)c1cc2nc(/C=C/c3cn(C4CCC4)nn3)sc2[nH]1. The maximum atomic E-state index is 11.5. The van der Waals surface area contributed by atoms with Crippen LogP contribution in [0.15, 0.2) is 12.3 Å². The van der Waals surface area contributed by atoms with Crippen molar-refractivity contribution in [1.82, 2.24) is 25.0 Å². The van der Waals surface area contributed by atoms with Gasteiger partial charge in [-0.05, 0) is 37.5 Å². The molecule has 1 saturated carbocycles. The third-order valence-corrected chi connectivity index (χ3v) is 4.93. The summed E-state index contributed by atoms with van der Waals surface area (Å²) in [6.07, 6.45) is 9.43. The zero-order valence-corrected chi connectivity index (χ0v) is 13.3. The van der Waals surface area contributed by atoms with Crippen molar-refractivity contribution in [3.05, 3.63) is 28.7 Å². The molecular weight excluding hydrogens is 314 g/mol. The number of carbonyl (C=O) groups excluding carboxylic acids is 1. The number of hydrogen-bond donors (Lipinski definition) is 1. The first-order valence-electron chi connectivity index (χ1n) is 7.41. The fourth-order valence-corrected chi connectivity index (χ4v) is 3.34. The van der Waals surface area contributed by atoms with E-state index in [4.69, 9.17) is 0 Å². The standard InChI is InChI=1S/C15H15N5O2S/c1-22-15(21)12-7-11-14(17-12)23-13(16-11)6-5-9-8-20(19-18-9)10-3-2-4-10/h5-8,10,17H,2-4H2,1H3/b6-5+. The molecule has 1 aliphatic carbocycles. The van der Waals surface area contributed by atoms with Crippen LogP contribution in [0.3, 0.4) is 0 Å². The molecule has 3 aromatic rings. The minimum absolute atomic E-state index is 0.389. The lowest BCUT2D eigenvalue weighted by Crippen LogP contribution is -2.17. The largest absolute Gasteiger partial charge is 0.464 e. The molecule has 0 bridgehead atoms. The van der Waals surface area contributed by atoms with Gasteiger partial charge >= 0.3 is 5.97 Å². The summed E-state index contributed by atoms with van der Waals surface area (Å²) in [7, 11) is 1.36. The van der Waals surface area contributed by atoms with Crippen molar-refractivity contribution in [2.45, 2.75) is 25.3 Å². The van der Waals surface area contributed by atoms with Crippen LogP contribution in [0.2, 0.25) is 0 Å². The zero-order chi connectivity index (χ0) is 15.8. The molecule has 0 spiro atoms. The minimum atomic E-state index is -0.389. The Balaban J connectivity index is 1.51. The molecule has 8 heteroatoms. The van der Waals surface area contributed by atoms with Gasteiger partial charge in [0.15, 0.2) is 0 Å². The summed E-state index contributed by atoms with van der Waals surface area (Å²) in [5, 5.41) is 9.17. The first-order valence-corrected chi connectivity index (χ1v) is 8.22. The van der Waals surface area contributed by atoms with E-state index >= 15 is 0 Å². The second kappa shape index (κ2) is 5.62. The van der Waals surface area contributed by atoms with Crippen molar-refractivity contribution < 1.29 is 9.53 Å². The molecule has 0 aliphatic heterocycles. The molecule has 3 aromatic heterocycles. The number of ether oxygens (including phenoxy) is 1. The van der Waals surface area contributed by atoms with Crippen LogP contribution in [-0.2, 0) is 4.74 Å². The number of aromatic nitrogens is 5. The predicted octanol–water partition coefficient (Wildman–Crippen LogP) is 2.90. The number of aromatic amines is 1. The van der Waals surface area contributed by atoms with Gasteiger partial charge in [0.25, 0.3) is 0 Å². The number of carbonyl (C=O) groups is 1. The molecule has 7 nitrogen and oxygen atoms in total. The van der Waals surface area contributed by atoms with Crippen LogP contribution < -0.4 is 0 Å². The van der Waals surface area contributed by atoms with Gasteiger partial charge in [0.1, 0.15) is 26.7 Å². The Hall–Kier alpha value is -2.48. The van der Waals surface area contributed by atoms with Crippen molar-refractivity contribution in [2.24, 2.45) is 0 Å². The molecule has 0 atom stereocenters. The zero-order valence-electron chi connectivity index (χ0n) is 12.5. The summed E-state index contributed by atoms with van der Waals surface area (Å²) in [4.78, 5) is 19.8. The van der Waals surface area contributed by atoms with Crippen molar-refractivity contribution in [2.75, 3.05) is 7.11 Å². The van der Waals surface area contributed by atoms with Crippen LogP contribution in [0.4, 0.5) is 0 Å². The van der Waals surface area contributed by atoms with E-state index in [0.717, 1.165) is 21.0 Å². The van der Waals surface area contributed by atoms with Gasteiger partial charge in [-0.1, -0.05) is 16.6 Å². The average Bonchev–Trinajstić information content (AvgIpc) is 3.16. The summed E-state index contributed by atoms with van der Waals surface area (Å²) < 4.78 is 6.62. The third kappa shape index (κ3) is 2.65. The highest BCUT2D eigenvalue weighted by Gasteiger charge is 2.20. The first kappa shape index (κ1) is 14.1. The lowest BCUT2D eigenvalue weighted by atomic mass is 9.93. The lowest BCUT2D eigenvalue weighted by Gasteiger charge is -2.24. The number of esters is 1. The summed E-state index contributed by atoms with van der Waals surface area (Å²) in [6, 6.07) is 2.21. The molecule has 0 aromatic carbocycles. The highest BCUT2D eigenvalue weighted by molar-refractivity contribution is 7.19. The molecular formula is C15H15N5O2S. The normalized spacial score (nSPS) is 15.3. The highest BCUT2D eigenvalue weighted by Crippen LogP contribution is 2.30. The second-order valence-electron chi connectivity index (χ2n) is 5.48. The number of hydrogen-bond acceptors (Lipinski definition) is 6. The molecule has 3 heterocycles. The van der Waals surface area contributed by atoms with Gasteiger partial charge in [-0.3, -0.25) is 0 Å². The van der Waals surface area contributed by atoms with Crippen LogP contribution in [0, 0.1) is 0 Å². The Morgan fingerprint density at radius 1 is 1.48 bits per heavy atom. The summed E-state index contributed by atoms with van der Waals surface area (Å²) in [5.74, 6) is -0.389. The monoisotopic (exact) mass is 329 g/mol. The van der Waals surface area contributed by atoms with Crippen LogP contribution in [0.1, 0.15) is 46.5 Å². The number of H-pyrrole nitrogens is 1. The molecule has 0 unspecified atom stereocenters. The Labute approximate surface area is 136 Å². The molecule has 0 amide bonds. The van der Waals surface area contributed by atoms with E-state index in [1.54, 1.807) is 6.07 Å². The Morgan fingerprint density at radius 3 is 3.04 bits per heavy atom. The lowest BCUT2D eigenvalue weighted by molar-refractivity contribution is 0.0595. The maximum absolute atomic E-state index is 11.5. The van der Waals surface area contributed by atoms with E-state index in [0.29, 0.717) is 11.7 Å². The van der Waals surface area contributed by atoms with Crippen molar-refractivity contribution in [3.63, 3.8) is 0 Å². The molecule has 1 fully saturated rings. The van der Waals surface area contributed by atoms with Gasteiger partial charge in [0, 0.05) is 0 Å². The van der Waals surface area contributed by atoms with Crippen LogP contribution in [0.25, 0.3) is 22.5 Å². The number of rotatable bonds is 4. The van der Waals surface area contributed by atoms with Crippen LogP contribution in [-0.4, -0.2) is 38.0 Å². The Morgan fingerprint density at radius 2 is 2.35 bits per heavy atom. The topological polar surface area (TPSA) is 85.7 Å². The summed E-state index contributed by atoms with van der Waals surface area (Å²) in [5.41, 5.74) is 2.00. The van der Waals surface area contributed by atoms with E-state index in [2.05, 4.69) is 25.0 Å². The van der Waals surface area contributed by atoms with Gasteiger partial charge in [-0.25, -0.2) is 14.5 Å². The first-order chi connectivity index (χ1) is 11.2. The number of nitrogens with zero attached hydrogens (tertiary/aromatic N) is 4. The number of thiazole rings is 1. The van der Waals surface area contributed by atoms with Gasteiger partial charge in [0.2, 0.25) is 0 Å². The van der Waals surface area contributed by atoms with E-state index in [-0.39, 0.29) is 5.97 Å². The van der Waals surface area contributed by atoms with E-state index in [1.165, 1.54) is 37.7 Å². The predicted molar refractivity (Wildman–Crippen MR) is 87.1 cm³/mol. The smallest absolute Gasteiger partial charge is 0.354 e. The van der Waals surface area contributed by atoms with Crippen molar-refractivity contribution in [3.8, 4) is 0 Å². The fraction of sp³-hybridized carbons (Fsp3) is 0.333. The molecule has 0 radical (unpaired) electrons. The van der Waals surface area contributed by atoms with E-state index in [9.17, 15) is 4.79 Å². The van der Waals surface area contributed by atoms with Gasteiger partial charge in [-0.2, -0.15) is 0 Å². The second-order valence-corrected chi connectivity index (χ2v) is 6.51. The van der Waals surface area contributed by atoms with Gasteiger partial charge in [0.05, 0.1) is 19.3 Å². The minimum Gasteiger partial charge on any atom is -0.464 e. The highest BCUT2D eigenvalue weighted by atomic mass is 32.1. The van der Waals surface area contributed by atoms with E-state index < -0.39 is 0 Å². The molecule has 1 N–H and O–H groups in total. The molecule has 23 heavy (non-hydrogen) atoms. The van der Waals surface area contributed by atoms with E-state index in [1.807, 2.05) is 23.0 Å². The number of methoxy groups -OCH3 is 1. The molecule has 0 saturated heterocycles. The van der Waals surface area contributed by atoms with Crippen LogP contribution >= 0.6 is 11.3 Å². The summed E-state index contributed by atoms with van der Waals surface area (Å²) in [6.45, 7) is 0. The maximum Gasteiger partial charge on any atom is 0.354 e. The molecule has 4 rings (SSSR count). The quantitative estimate of drug-likeness (QED) is 0.744. The molecule has 118 valence electrons. The Kier molecular flexibility index (Phi) is 3.45. The van der Waals surface area contributed by atoms with Gasteiger partial charge in [-0.15, -0.1) is 5.10 Å². The van der Waals surface area contributed by atoms with Crippen molar-refractivity contribution >= 4 is 39.8 Å². The summed E-state index contributed by atoms with van der Waals surface area (Å²) >= 11 is 1.48. The third-order valence-electron chi connectivity index (χ3n) is 3.98. The van der Waals surface area contributed by atoms with Crippen LogP contribution in [0.5, 0.6) is 0 Å². The number of fused-ring (bicyclic) bond motifs is 1. The fourth-order valence-electron chi connectivity index (χ4n) is 2.48. The molecule has 1 aliphatic rings.